The van der Waals surface area contributed by atoms with E-state index in [9.17, 15) is 9.90 Å². The first-order valence-electron chi connectivity index (χ1n) is 6.89. The highest BCUT2D eigenvalue weighted by Crippen LogP contribution is 2.18. The summed E-state index contributed by atoms with van der Waals surface area (Å²) in [5, 5.41) is 23.9. The van der Waals surface area contributed by atoms with Crippen molar-refractivity contribution in [3.63, 3.8) is 0 Å². The van der Waals surface area contributed by atoms with Gasteiger partial charge in [-0.1, -0.05) is 12.1 Å². The topological polar surface area (TPSA) is 85.2 Å². The maximum absolute atomic E-state index is 11.8. The zero-order chi connectivity index (χ0) is 14.4. The third kappa shape index (κ3) is 4.25. The summed E-state index contributed by atoms with van der Waals surface area (Å²) >= 11 is 0. The van der Waals surface area contributed by atoms with Crippen molar-refractivity contribution in [2.24, 2.45) is 0 Å². The lowest BCUT2D eigenvalue weighted by molar-refractivity contribution is 0.117. The van der Waals surface area contributed by atoms with Gasteiger partial charge in [-0.25, -0.2) is 4.79 Å². The van der Waals surface area contributed by atoms with E-state index >= 15 is 0 Å². The summed E-state index contributed by atoms with van der Waals surface area (Å²) in [4.78, 5) is 11.8. The van der Waals surface area contributed by atoms with Crippen molar-refractivity contribution in [3.05, 3.63) is 35.4 Å². The van der Waals surface area contributed by atoms with Crippen LogP contribution in [0, 0.1) is 11.3 Å². The first-order valence-corrected chi connectivity index (χ1v) is 6.89. The second kappa shape index (κ2) is 6.92. The predicted octanol–water partition coefficient (Wildman–Crippen LogP) is 1.66. The number of amides is 2. The number of aliphatic hydroxyl groups excluding tert-OH is 1. The molecule has 1 saturated carbocycles. The first kappa shape index (κ1) is 14.4. The molecule has 106 valence electrons. The number of urea groups is 1. The molecule has 0 aliphatic heterocycles. The highest BCUT2D eigenvalue weighted by atomic mass is 16.3. The van der Waals surface area contributed by atoms with Gasteiger partial charge in [0.25, 0.3) is 0 Å². The smallest absolute Gasteiger partial charge is 0.315 e. The molecule has 0 spiro atoms. The molecule has 3 N–H and O–H groups in total. The number of hydrogen-bond acceptors (Lipinski definition) is 3. The summed E-state index contributed by atoms with van der Waals surface area (Å²) in [6.45, 7) is 0.400. The number of hydrogen-bond donors (Lipinski definition) is 3. The number of nitrogens with zero attached hydrogens (tertiary/aromatic N) is 1. The Morgan fingerprint density at radius 1 is 1.35 bits per heavy atom. The Labute approximate surface area is 118 Å². The summed E-state index contributed by atoms with van der Waals surface area (Å²) in [5.41, 5.74) is 1.49. The van der Waals surface area contributed by atoms with Gasteiger partial charge in [0.05, 0.1) is 17.7 Å². The molecule has 2 amide bonds. The molecule has 1 fully saturated rings. The highest BCUT2D eigenvalue weighted by molar-refractivity contribution is 5.74. The minimum absolute atomic E-state index is 0.142. The van der Waals surface area contributed by atoms with Crippen molar-refractivity contribution in [1.82, 2.24) is 10.6 Å². The van der Waals surface area contributed by atoms with Gasteiger partial charge in [-0.05, 0) is 43.4 Å². The third-order valence-corrected chi connectivity index (χ3v) is 3.54. The summed E-state index contributed by atoms with van der Waals surface area (Å²) in [7, 11) is 0. The number of benzene rings is 1. The molecule has 0 saturated heterocycles. The fourth-order valence-corrected chi connectivity index (χ4v) is 2.39. The summed E-state index contributed by atoms with van der Waals surface area (Å²) in [5.74, 6) is 0. The van der Waals surface area contributed by atoms with E-state index in [2.05, 4.69) is 16.7 Å². The molecule has 0 heterocycles. The van der Waals surface area contributed by atoms with Gasteiger partial charge in [0.15, 0.2) is 0 Å². The molecule has 5 heteroatoms. The van der Waals surface area contributed by atoms with E-state index in [1.807, 2.05) is 6.07 Å². The van der Waals surface area contributed by atoms with Crippen LogP contribution in [0.2, 0.25) is 0 Å². The second-order valence-electron chi connectivity index (χ2n) is 5.14. The Balaban J connectivity index is 1.76. The lowest BCUT2D eigenvalue weighted by atomic mass is 9.93. The predicted molar refractivity (Wildman–Crippen MR) is 74.8 cm³/mol. The van der Waals surface area contributed by atoms with E-state index < -0.39 is 0 Å². The monoisotopic (exact) mass is 273 g/mol. The molecule has 0 atom stereocenters. The Bertz CT molecular complexity index is 502. The molecule has 20 heavy (non-hydrogen) atoms. The standard InChI is InChI=1S/C15H19N3O2/c16-9-11-2-1-3-12(8-11)10-17-15(20)18-13-4-6-14(19)7-5-13/h1-3,8,13-14,19H,4-7,10H2,(H2,17,18,20). The second-order valence-corrected chi connectivity index (χ2v) is 5.14. The zero-order valence-corrected chi connectivity index (χ0v) is 11.3. The van der Waals surface area contributed by atoms with Crippen LogP contribution in [0.3, 0.4) is 0 Å². The largest absolute Gasteiger partial charge is 0.393 e. The fourth-order valence-electron chi connectivity index (χ4n) is 2.39. The van der Waals surface area contributed by atoms with E-state index in [0.717, 1.165) is 31.2 Å². The quantitative estimate of drug-likeness (QED) is 0.783. The van der Waals surface area contributed by atoms with E-state index in [1.54, 1.807) is 18.2 Å². The average Bonchev–Trinajstić information content (AvgIpc) is 2.48. The van der Waals surface area contributed by atoms with Crippen LogP contribution in [0.1, 0.15) is 36.8 Å². The number of nitrogens with one attached hydrogen (secondary N) is 2. The van der Waals surface area contributed by atoms with Crippen molar-refractivity contribution in [2.45, 2.75) is 44.4 Å². The van der Waals surface area contributed by atoms with Crippen LogP contribution in [0.25, 0.3) is 0 Å². The van der Waals surface area contributed by atoms with Crippen molar-refractivity contribution in [2.75, 3.05) is 0 Å². The molecule has 0 unspecified atom stereocenters. The van der Waals surface area contributed by atoms with Crippen LogP contribution in [0.4, 0.5) is 4.79 Å². The zero-order valence-electron chi connectivity index (χ0n) is 11.3. The molecule has 1 aromatic rings. The molecular weight excluding hydrogens is 254 g/mol. The molecule has 0 radical (unpaired) electrons. The lowest BCUT2D eigenvalue weighted by Crippen LogP contribution is -2.43. The first-order chi connectivity index (χ1) is 9.67. The summed E-state index contributed by atoms with van der Waals surface area (Å²) in [6.07, 6.45) is 2.91. The number of nitriles is 1. The van der Waals surface area contributed by atoms with Crippen molar-refractivity contribution >= 4 is 6.03 Å². The number of carbonyl (C=O) groups excluding carboxylic acids is 1. The number of aliphatic hydroxyl groups is 1. The molecule has 5 nitrogen and oxygen atoms in total. The maximum Gasteiger partial charge on any atom is 0.315 e. The van der Waals surface area contributed by atoms with Crippen molar-refractivity contribution in [1.29, 1.82) is 5.26 Å². The molecule has 2 rings (SSSR count). The average molecular weight is 273 g/mol. The van der Waals surface area contributed by atoms with Crippen molar-refractivity contribution in [3.8, 4) is 6.07 Å². The van der Waals surface area contributed by atoms with Gasteiger partial charge >= 0.3 is 6.03 Å². The van der Waals surface area contributed by atoms with Gasteiger partial charge in [0, 0.05) is 12.6 Å². The number of rotatable bonds is 3. The van der Waals surface area contributed by atoms with Crippen LogP contribution in [0.15, 0.2) is 24.3 Å². The molecule has 0 bridgehead atoms. The van der Waals surface area contributed by atoms with E-state index in [-0.39, 0.29) is 18.2 Å². The Hall–Kier alpha value is -2.06. The van der Waals surface area contributed by atoms with E-state index in [4.69, 9.17) is 5.26 Å². The van der Waals surface area contributed by atoms with E-state index in [0.29, 0.717) is 12.1 Å². The van der Waals surface area contributed by atoms with Crippen LogP contribution in [-0.2, 0) is 6.54 Å². The molecule has 0 aromatic heterocycles. The Kier molecular flexibility index (Phi) is 4.97. The minimum atomic E-state index is -0.218. The Morgan fingerprint density at radius 2 is 2.10 bits per heavy atom. The SMILES string of the molecule is N#Cc1cccc(CNC(=O)NC2CCC(O)CC2)c1. The van der Waals surface area contributed by atoms with Gasteiger partial charge in [-0.3, -0.25) is 0 Å². The van der Waals surface area contributed by atoms with Crippen LogP contribution in [-0.4, -0.2) is 23.3 Å². The van der Waals surface area contributed by atoms with Crippen LogP contribution in [0.5, 0.6) is 0 Å². The normalized spacial score (nSPS) is 21.8. The third-order valence-electron chi connectivity index (χ3n) is 3.54. The molecule has 1 aliphatic carbocycles. The number of carbonyl (C=O) groups is 1. The minimum Gasteiger partial charge on any atom is -0.393 e. The molecular formula is C15H19N3O2. The van der Waals surface area contributed by atoms with Gasteiger partial charge < -0.3 is 15.7 Å². The van der Waals surface area contributed by atoms with Gasteiger partial charge in [-0.15, -0.1) is 0 Å². The highest BCUT2D eigenvalue weighted by Gasteiger charge is 2.20. The molecule has 1 aliphatic rings. The fraction of sp³-hybridized carbons (Fsp3) is 0.467. The van der Waals surface area contributed by atoms with Crippen molar-refractivity contribution < 1.29 is 9.90 Å². The van der Waals surface area contributed by atoms with Crippen LogP contribution < -0.4 is 10.6 Å². The Morgan fingerprint density at radius 3 is 2.80 bits per heavy atom. The van der Waals surface area contributed by atoms with Gasteiger partial charge in [0.2, 0.25) is 0 Å². The van der Waals surface area contributed by atoms with Gasteiger partial charge in [-0.2, -0.15) is 5.26 Å². The van der Waals surface area contributed by atoms with E-state index in [1.165, 1.54) is 0 Å². The van der Waals surface area contributed by atoms with Gasteiger partial charge in [0.1, 0.15) is 0 Å². The summed E-state index contributed by atoms with van der Waals surface area (Å²) < 4.78 is 0. The maximum atomic E-state index is 11.8. The summed E-state index contributed by atoms with van der Waals surface area (Å²) in [6, 6.07) is 9.18. The van der Waals surface area contributed by atoms with Crippen LogP contribution >= 0.6 is 0 Å². The molecule has 1 aromatic carbocycles. The lowest BCUT2D eigenvalue weighted by Gasteiger charge is -2.26.